The van der Waals surface area contributed by atoms with Crippen molar-refractivity contribution in [2.45, 2.75) is 12.6 Å². The van der Waals surface area contributed by atoms with Gasteiger partial charge < -0.3 is 4.74 Å². The maximum atomic E-state index is 11.6. The van der Waals surface area contributed by atoms with Gasteiger partial charge in [-0.15, -0.1) is 0 Å². The van der Waals surface area contributed by atoms with Gasteiger partial charge in [0.15, 0.2) is 6.61 Å². The van der Waals surface area contributed by atoms with E-state index in [1.165, 1.54) is 0 Å². The largest absolute Gasteiger partial charge is 0.413 e. The quantitative estimate of drug-likeness (QED) is 0.543. The van der Waals surface area contributed by atoms with Crippen LogP contribution in [0.4, 0.5) is 13.2 Å². The fourth-order valence-corrected chi connectivity index (χ4v) is 1.05. The minimum absolute atomic E-state index is 0.272. The van der Waals surface area contributed by atoms with E-state index in [4.69, 9.17) is 4.74 Å². The van der Waals surface area contributed by atoms with E-state index in [2.05, 4.69) is 10.3 Å². The van der Waals surface area contributed by atoms with Crippen LogP contribution in [0.25, 0.3) is 0 Å². The molecule has 1 atom stereocenters. The second-order valence-corrected chi connectivity index (χ2v) is 2.98. The number of ether oxygens (including phenoxy) is 1. The van der Waals surface area contributed by atoms with Crippen LogP contribution in [0.1, 0.15) is 6.42 Å². The first-order valence-electron chi connectivity index (χ1n) is 4.07. The first kappa shape index (κ1) is 10.7. The maximum Gasteiger partial charge on any atom is 0.413 e. The average Bonchev–Trinajstić information content (AvgIpc) is 2.48. The van der Waals surface area contributed by atoms with E-state index in [1.54, 1.807) is 0 Å². The summed E-state index contributed by atoms with van der Waals surface area (Å²) >= 11 is 0. The molecule has 1 fully saturated rings. The van der Waals surface area contributed by atoms with Crippen molar-refractivity contribution in [3.63, 3.8) is 0 Å². The Kier molecular flexibility index (Phi) is 3.95. The maximum absolute atomic E-state index is 11.6. The van der Waals surface area contributed by atoms with Crippen LogP contribution in [0.2, 0.25) is 0 Å². The van der Waals surface area contributed by atoms with Crippen LogP contribution >= 0.6 is 0 Å². The van der Waals surface area contributed by atoms with Crippen molar-refractivity contribution in [3.05, 3.63) is 0 Å². The summed E-state index contributed by atoms with van der Waals surface area (Å²) in [5, 5.41) is 0. The fraction of sp³-hybridized carbons (Fsp3) is 1.00. The normalized spacial score (nSPS) is 23.8. The molecule has 0 spiro atoms. The van der Waals surface area contributed by atoms with E-state index in [9.17, 15) is 13.2 Å². The standard InChI is InChI=1S/C7H12F3NO2/c8-7(9,10)5-13-11-3-6-1-2-12-4-6/h6,11H,1-5H2. The van der Waals surface area contributed by atoms with Gasteiger partial charge in [0.1, 0.15) is 0 Å². The second-order valence-electron chi connectivity index (χ2n) is 2.98. The molecule has 3 nitrogen and oxygen atoms in total. The van der Waals surface area contributed by atoms with Gasteiger partial charge in [-0.2, -0.15) is 13.2 Å². The van der Waals surface area contributed by atoms with Gasteiger partial charge in [0.05, 0.1) is 6.61 Å². The number of hydroxylamine groups is 1. The third-order valence-electron chi connectivity index (χ3n) is 1.73. The van der Waals surface area contributed by atoms with Crippen molar-refractivity contribution in [3.8, 4) is 0 Å². The number of rotatable bonds is 4. The lowest BCUT2D eigenvalue weighted by Gasteiger charge is -2.10. The SMILES string of the molecule is FC(F)(F)CONCC1CCOC1. The molecule has 1 rings (SSSR count). The molecule has 6 heteroatoms. The highest BCUT2D eigenvalue weighted by Crippen LogP contribution is 2.14. The topological polar surface area (TPSA) is 30.5 Å². The summed E-state index contributed by atoms with van der Waals surface area (Å²) in [4.78, 5) is 4.23. The number of nitrogens with one attached hydrogen (secondary N) is 1. The third kappa shape index (κ3) is 5.07. The van der Waals surface area contributed by atoms with Crippen LogP contribution in [0.3, 0.4) is 0 Å². The zero-order valence-corrected chi connectivity index (χ0v) is 7.06. The summed E-state index contributed by atoms with van der Waals surface area (Å²) in [5.74, 6) is 0.272. The Hall–Kier alpha value is -0.330. The minimum Gasteiger partial charge on any atom is -0.381 e. The average molecular weight is 199 g/mol. The van der Waals surface area contributed by atoms with Gasteiger partial charge in [-0.25, -0.2) is 5.48 Å². The molecule has 13 heavy (non-hydrogen) atoms. The van der Waals surface area contributed by atoms with Gasteiger partial charge in [0.25, 0.3) is 0 Å². The highest BCUT2D eigenvalue weighted by atomic mass is 19.4. The molecule has 0 saturated carbocycles. The molecule has 0 bridgehead atoms. The Bertz CT molecular complexity index is 145. The zero-order chi connectivity index (χ0) is 9.73. The van der Waals surface area contributed by atoms with Crippen LogP contribution in [0.5, 0.6) is 0 Å². The number of hydrogen-bond donors (Lipinski definition) is 1. The lowest BCUT2D eigenvalue weighted by Crippen LogP contribution is -2.28. The molecule has 0 radical (unpaired) electrons. The molecular formula is C7H12F3NO2. The van der Waals surface area contributed by atoms with Gasteiger partial charge in [0, 0.05) is 13.2 Å². The van der Waals surface area contributed by atoms with Crippen LogP contribution in [-0.4, -0.2) is 32.5 Å². The first-order chi connectivity index (χ1) is 6.08. The smallest absolute Gasteiger partial charge is 0.381 e. The molecule has 1 N–H and O–H groups in total. The molecular weight excluding hydrogens is 187 g/mol. The highest BCUT2D eigenvalue weighted by molar-refractivity contribution is 4.64. The van der Waals surface area contributed by atoms with Crippen molar-refractivity contribution >= 4 is 0 Å². The Morgan fingerprint density at radius 2 is 2.23 bits per heavy atom. The van der Waals surface area contributed by atoms with Gasteiger partial charge in [-0.3, -0.25) is 4.84 Å². The minimum atomic E-state index is -4.26. The molecule has 1 heterocycles. The third-order valence-corrected chi connectivity index (χ3v) is 1.73. The van der Waals surface area contributed by atoms with Crippen molar-refractivity contribution < 1.29 is 22.7 Å². The van der Waals surface area contributed by atoms with Crippen molar-refractivity contribution in [1.82, 2.24) is 5.48 Å². The number of alkyl halides is 3. The lowest BCUT2D eigenvalue weighted by atomic mass is 10.1. The first-order valence-corrected chi connectivity index (χ1v) is 4.07. The Morgan fingerprint density at radius 1 is 1.46 bits per heavy atom. The predicted molar refractivity (Wildman–Crippen MR) is 38.9 cm³/mol. The van der Waals surface area contributed by atoms with Crippen LogP contribution in [0.15, 0.2) is 0 Å². The van der Waals surface area contributed by atoms with E-state index in [0.717, 1.165) is 6.42 Å². The van der Waals surface area contributed by atoms with Crippen molar-refractivity contribution in [2.75, 3.05) is 26.4 Å². The van der Waals surface area contributed by atoms with Crippen molar-refractivity contribution in [2.24, 2.45) is 5.92 Å². The summed E-state index contributed by atoms with van der Waals surface area (Å²) in [7, 11) is 0. The van der Waals surface area contributed by atoms with E-state index < -0.39 is 12.8 Å². The molecule has 1 saturated heterocycles. The Labute approximate surface area is 74.2 Å². The zero-order valence-electron chi connectivity index (χ0n) is 7.06. The summed E-state index contributed by atoms with van der Waals surface area (Å²) < 4.78 is 39.7. The van der Waals surface area contributed by atoms with E-state index in [1.807, 2.05) is 0 Å². The van der Waals surface area contributed by atoms with Gasteiger partial charge in [-0.1, -0.05) is 0 Å². The molecule has 78 valence electrons. The summed E-state index contributed by atoms with van der Waals surface area (Å²) in [6.45, 7) is 0.449. The molecule has 0 aromatic rings. The Balaban J connectivity index is 1.94. The summed E-state index contributed by atoms with van der Waals surface area (Å²) in [5.41, 5.74) is 2.28. The molecule has 1 unspecified atom stereocenters. The molecule has 0 aromatic carbocycles. The monoisotopic (exact) mass is 199 g/mol. The molecule has 1 aliphatic rings. The summed E-state index contributed by atoms with van der Waals surface area (Å²) in [6.07, 6.45) is -3.39. The number of halogens is 3. The van der Waals surface area contributed by atoms with E-state index in [0.29, 0.717) is 19.8 Å². The highest BCUT2D eigenvalue weighted by Gasteiger charge is 2.27. The molecule has 0 amide bonds. The predicted octanol–water partition coefficient (Wildman–Crippen LogP) is 1.11. The summed E-state index contributed by atoms with van der Waals surface area (Å²) in [6, 6.07) is 0. The molecule has 0 aliphatic carbocycles. The van der Waals surface area contributed by atoms with Crippen LogP contribution in [0, 0.1) is 5.92 Å². The second kappa shape index (κ2) is 4.78. The van der Waals surface area contributed by atoms with Crippen LogP contribution in [-0.2, 0) is 9.57 Å². The van der Waals surface area contributed by atoms with Gasteiger partial charge in [-0.05, 0) is 12.3 Å². The van der Waals surface area contributed by atoms with Crippen LogP contribution < -0.4 is 5.48 Å². The molecule has 0 aromatic heterocycles. The number of hydrogen-bond acceptors (Lipinski definition) is 3. The van der Waals surface area contributed by atoms with E-state index in [-0.39, 0.29) is 5.92 Å². The van der Waals surface area contributed by atoms with Crippen molar-refractivity contribution in [1.29, 1.82) is 0 Å². The molecule has 1 aliphatic heterocycles. The van der Waals surface area contributed by atoms with Gasteiger partial charge in [0.2, 0.25) is 0 Å². The van der Waals surface area contributed by atoms with E-state index >= 15 is 0 Å². The van der Waals surface area contributed by atoms with Gasteiger partial charge >= 0.3 is 6.18 Å². The fourth-order valence-electron chi connectivity index (χ4n) is 1.05. The Morgan fingerprint density at radius 3 is 2.77 bits per heavy atom. The lowest BCUT2D eigenvalue weighted by molar-refractivity contribution is -0.190.